The van der Waals surface area contributed by atoms with Crippen LogP contribution in [0.1, 0.15) is 46.0 Å². The van der Waals surface area contributed by atoms with Crippen molar-refractivity contribution in [2.45, 2.75) is 46.0 Å². The van der Waals surface area contributed by atoms with Gasteiger partial charge in [-0.25, -0.2) is 0 Å². The molecule has 0 aromatic heterocycles. The van der Waals surface area contributed by atoms with Gasteiger partial charge in [0.05, 0.1) is 0 Å². The third kappa shape index (κ3) is 3.82. The zero-order chi connectivity index (χ0) is 10.4. The van der Waals surface area contributed by atoms with Gasteiger partial charge in [-0.3, -0.25) is 0 Å². The Bertz CT molecular complexity index is 188. The summed E-state index contributed by atoms with van der Waals surface area (Å²) < 4.78 is 0. The fourth-order valence-corrected chi connectivity index (χ4v) is 1.87. The molecule has 2 N–H and O–H groups in total. The summed E-state index contributed by atoms with van der Waals surface area (Å²) in [5.41, 5.74) is 0.510. The number of thiocarbonyl (C=S) groups is 1. The molecule has 2 nitrogen and oxygen atoms in total. The molecule has 0 saturated heterocycles. The van der Waals surface area contributed by atoms with Crippen LogP contribution in [-0.2, 0) is 0 Å². The summed E-state index contributed by atoms with van der Waals surface area (Å²) in [5, 5.41) is 7.35. The largest absolute Gasteiger partial charge is 0.363 e. The smallest absolute Gasteiger partial charge is 0.166 e. The summed E-state index contributed by atoms with van der Waals surface area (Å²) in [6.45, 7) is 6.55. The zero-order valence-corrected chi connectivity index (χ0v) is 10.2. The highest BCUT2D eigenvalue weighted by Crippen LogP contribution is 2.39. The van der Waals surface area contributed by atoms with E-state index >= 15 is 0 Å². The highest BCUT2D eigenvalue weighted by molar-refractivity contribution is 7.80. The first-order valence-corrected chi connectivity index (χ1v) is 6.09. The van der Waals surface area contributed by atoms with E-state index in [4.69, 9.17) is 12.2 Å². The molecule has 14 heavy (non-hydrogen) atoms. The van der Waals surface area contributed by atoms with Crippen LogP contribution in [0.2, 0.25) is 0 Å². The molecule has 0 radical (unpaired) electrons. The van der Waals surface area contributed by atoms with Gasteiger partial charge in [0.25, 0.3) is 0 Å². The van der Waals surface area contributed by atoms with Crippen LogP contribution in [-0.4, -0.2) is 18.2 Å². The summed E-state index contributed by atoms with van der Waals surface area (Å²) in [5.74, 6) is 0. The Balaban J connectivity index is 2.03. The molecule has 0 spiro atoms. The maximum absolute atomic E-state index is 5.19. The minimum Gasteiger partial charge on any atom is -0.363 e. The average molecular weight is 214 g/mol. The first kappa shape index (κ1) is 11.8. The molecule has 0 atom stereocenters. The second kappa shape index (κ2) is 5.54. The molecule has 0 heterocycles. The normalized spacial score (nSPS) is 18.4. The van der Waals surface area contributed by atoms with Gasteiger partial charge in [-0.2, -0.15) is 0 Å². The highest BCUT2D eigenvalue weighted by Gasteiger charge is 2.31. The molecule has 0 bridgehead atoms. The monoisotopic (exact) mass is 214 g/mol. The lowest BCUT2D eigenvalue weighted by atomic mass is 9.70. The summed E-state index contributed by atoms with van der Waals surface area (Å²) in [4.78, 5) is 0. The lowest BCUT2D eigenvalue weighted by molar-refractivity contribution is 0.165. The number of unbranched alkanes of at least 4 members (excludes halogenated alkanes) is 1. The maximum Gasteiger partial charge on any atom is 0.166 e. The van der Waals surface area contributed by atoms with Crippen LogP contribution in [0.5, 0.6) is 0 Å². The highest BCUT2D eigenvalue weighted by atomic mass is 32.1. The molecule has 82 valence electrons. The van der Waals surface area contributed by atoms with E-state index in [1.54, 1.807) is 0 Å². The Labute approximate surface area is 92.8 Å². The van der Waals surface area contributed by atoms with Crippen molar-refractivity contribution in [1.82, 2.24) is 10.6 Å². The second-order valence-corrected chi connectivity index (χ2v) is 5.04. The summed E-state index contributed by atoms with van der Waals surface area (Å²) in [6, 6.07) is 0. The molecule has 1 fully saturated rings. The van der Waals surface area contributed by atoms with Crippen LogP contribution in [0.4, 0.5) is 0 Å². The van der Waals surface area contributed by atoms with Crippen molar-refractivity contribution in [3.63, 3.8) is 0 Å². The summed E-state index contributed by atoms with van der Waals surface area (Å²) in [7, 11) is 0. The lowest BCUT2D eigenvalue weighted by Gasteiger charge is -2.38. The van der Waals surface area contributed by atoms with E-state index in [0.717, 1.165) is 18.2 Å². The third-order valence-corrected chi connectivity index (χ3v) is 3.34. The maximum atomic E-state index is 5.19. The predicted octanol–water partition coefficient (Wildman–Crippen LogP) is 2.44. The van der Waals surface area contributed by atoms with Crippen LogP contribution >= 0.6 is 12.2 Å². The molecular formula is C11H22N2S. The summed E-state index contributed by atoms with van der Waals surface area (Å²) in [6.07, 6.45) is 6.48. The lowest BCUT2D eigenvalue weighted by Crippen LogP contribution is -2.44. The fourth-order valence-electron chi connectivity index (χ4n) is 1.69. The SMILES string of the molecule is CCCCNC(=S)NCC1(C)CCC1. The average Bonchev–Trinajstić information content (AvgIpc) is 2.12. The third-order valence-electron chi connectivity index (χ3n) is 3.05. The second-order valence-electron chi connectivity index (χ2n) is 4.63. The van der Waals surface area contributed by atoms with E-state index in [1.165, 1.54) is 32.1 Å². The van der Waals surface area contributed by atoms with Crippen LogP contribution < -0.4 is 10.6 Å². The van der Waals surface area contributed by atoms with E-state index in [-0.39, 0.29) is 0 Å². The molecule has 0 unspecified atom stereocenters. The first-order chi connectivity index (χ1) is 6.66. The number of nitrogens with one attached hydrogen (secondary N) is 2. The van der Waals surface area contributed by atoms with Gasteiger partial charge >= 0.3 is 0 Å². The van der Waals surface area contributed by atoms with Crippen LogP contribution in [0.15, 0.2) is 0 Å². The van der Waals surface area contributed by atoms with Gasteiger partial charge in [0, 0.05) is 13.1 Å². The quantitative estimate of drug-likeness (QED) is 0.543. The van der Waals surface area contributed by atoms with Crippen LogP contribution in [0.25, 0.3) is 0 Å². The van der Waals surface area contributed by atoms with Gasteiger partial charge in [-0.15, -0.1) is 0 Å². The Kier molecular flexibility index (Phi) is 4.66. The molecule has 1 aliphatic carbocycles. The Morgan fingerprint density at radius 1 is 1.36 bits per heavy atom. The topological polar surface area (TPSA) is 24.1 Å². The van der Waals surface area contributed by atoms with Gasteiger partial charge in [-0.1, -0.05) is 26.7 Å². The predicted molar refractivity (Wildman–Crippen MR) is 65.5 cm³/mol. The molecule has 0 aromatic carbocycles. The van der Waals surface area contributed by atoms with Crippen molar-refractivity contribution in [2.24, 2.45) is 5.41 Å². The van der Waals surface area contributed by atoms with Gasteiger partial charge in [0.2, 0.25) is 0 Å². The van der Waals surface area contributed by atoms with Crippen molar-refractivity contribution < 1.29 is 0 Å². The zero-order valence-electron chi connectivity index (χ0n) is 9.36. The van der Waals surface area contributed by atoms with Crippen molar-refractivity contribution in [2.75, 3.05) is 13.1 Å². The standard InChI is InChI=1S/C11H22N2S/c1-3-4-8-12-10(14)13-9-11(2)6-5-7-11/h3-9H2,1-2H3,(H2,12,13,14). The van der Waals surface area contributed by atoms with E-state index in [2.05, 4.69) is 24.5 Å². The molecule has 0 aromatic rings. The molecule has 0 aliphatic heterocycles. The minimum atomic E-state index is 0.510. The molecule has 1 aliphatic rings. The molecule has 3 heteroatoms. The Morgan fingerprint density at radius 2 is 2.07 bits per heavy atom. The number of hydrogen-bond donors (Lipinski definition) is 2. The molecule has 1 rings (SSSR count). The Hall–Kier alpha value is -0.310. The van der Waals surface area contributed by atoms with Crippen LogP contribution in [0, 0.1) is 5.41 Å². The number of hydrogen-bond acceptors (Lipinski definition) is 1. The molecule has 1 saturated carbocycles. The van der Waals surface area contributed by atoms with Gasteiger partial charge in [-0.05, 0) is 36.9 Å². The minimum absolute atomic E-state index is 0.510. The fraction of sp³-hybridized carbons (Fsp3) is 0.909. The van der Waals surface area contributed by atoms with Gasteiger partial charge in [0.15, 0.2) is 5.11 Å². The van der Waals surface area contributed by atoms with Crippen LogP contribution in [0.3, 0.4) is 0 Å². The van der Waals surface area contributed by atoms with E-state index in [9.17, 15) is 0 Å². The first-order valence-electron chi connectivity index (χ1n) is 5.68. The van der Waals surface area contributed by atoms with Crippen molar-refractivity contribution in [3.8, 4) is 0 Å². The van der Waals surface area contributed by atoms with Crippen molar-refractivity contribution in [1.29, 1.82) is 0 Å². The van der Waals surface area contributed by atoms with Gasteiger partial charge in [0.1, 0.15) is 0 Å². The molecular weight excluding hydrogens is 192 g/mol. The van der Waals surface area contributed by atoms with E-state index in [1.807, 2.05) is 0 Å². The summed E-state index contributed by atoms with van der Waals surface area (Å²) >= 11 is 5.19. The molecule has 0 amide bonds. The Morgan fingerprint density at radius 3 is 2.57 bits per heavy atom. The number of rotatable bonds is 5. The van der Waals surface area contributed by atoms with E-state index in [0.29, 0.717) is 5.41 Å². The van der Waals surface area contributed by atoms with Crippen molar-refractivity contribution in [3.05, 3.63) is 0 Å². The van der Waals surface area contributed by atoms with E-state index < -0.39 is 0 Å². The van der Waals surface area contributed by atoms with Crippen molar-refractivity contribution >= 4 is 17.3 Å². The van der Waals surface area contributed by atoms with Gasteiger partial charge < -0.3 is 10.6 Å².